The summed E-state index contributed by atoms with van der Waals surface area (Å²) in [7, 11) is 0. The highest BCUT2D eigenvalue weighted by atomic mass is 16.5. The van der Waals surface area contributed by atoms with E-state index in [9.17, 15) is 4.79 Å². The second-order valence-corrected chi connectivity index (χ2v) is 2.70. The van der Waals surface area contributed by atoms with Crippen LogP contribution in [0.25, 0.3) is 0 Å². The third kappa shape index (κ3) is 1.82. The summed E-state index contributed by atoms with van der Waals surface area (Å²) in [6.07, 6.45) is 2.61. The van der Waals surface area contributed by atoms with Crippen molar-refractivity contribution in [1.82, 2.24) is 0 Å². The van der Waals surface area contributed by atoms with Gasteiger partial charge in [-0.2, -0.15) is 0 Å². The topological polar surface area (TPSA) is 39.4 Å². The summed E-state index contributed by atoms with van der Waals surface area (Å²) >= 11 is 0. The minimum atomic E-state index is -0.194. The lowest BCUT2D eigenvalue weighted by atomic mass is 10.3. The lowest BCUT2D eigenvalue weighted by Gasteiger charge is -2.02. The van der Waals surface area contributed by atoms with Crippen molar-refractivity contribution < 1.29 is 9.15 Å². The first-order valence-electron chi connectivity index (χ1n) is 4.16. The Morgan fingerprint density at radius 3 is 2.57 bits per heavy atom. The monoisotopic (exact) mass is 188 g/mol. The zero-order valence-corrected chi connectivity index (χ0v) is 7.34. The molecular formula is C11H8O3. The predicted octanol–water partition coefficient (Wildman–Crippen LogP) is 2.43. The van der Waals surface area contributed by atoms with Crippen LogP contribution in [-0.4, -0.2) is 0 Å². The van der Waals surface area contributed by atoms with Gasteiger partial charge in [0.1, 0.15) is 12.0 Å². The molecule has 0 atom stereocenters. The van der Waals surface area contributed by atoms with E-state index in [2.05, 4.69) is 0 Å². The van der Waals surface area contributed by atoms with Gasteiger partial charge in [-0.05, 0) is 12.1 Å². The van der Waals surface area contributed by atoms with Gasteiger partial charge in [0.05, 0.1) is 6.26 Å². The Labute approximate surface area is 80.6 Å². The average Bonchev–Trinajstić information content (AvgIpc) is 2.23. The summed E-state index contributed by atoms with van der Waals surface area (Å²) in [6.45, 7) is 0. The van der Waals surface area contributed by atoms with Gasteiger partial charge in [-0.25, -0.2) is 0 Å². The van der Waals surface area contributed by atoms with Crippen molar-refractivity contribution in [2.24, 2.45) is 0 Å². The Hall–Kier alpha value is -2.03. The molecule has 0 bridgehead atoms. The first-order valence-corrected chi connectivity index (χ1v) is 4.16. The molecule has 70 valence electrons. The SMILES string of the molecule is O=c1ccocc1Oc1ccccc1. The van der Waals surface area contributed by atoms with Crippen LogP contribution in [0.15, 0.2) is 58.1 Å². The van der Waals surface area contributed by atoms with E-state index in [0.29, 0.717) is 5.75 Å². The highest BCUT2D eigenvalue weighted by Crippen LogP contribution is 2.16. The van der Waals surface area contributed by atoms with Crippen LogP contribution in [0.3, 0.4) is 0 Å². The predicted molar refractivity (Wildman–Crippen MR) is 51.5 cm³/mol. The number of para-hydroxylation sites is 1. The Bertz CT molecular complexity index is 459. The van der Waals surface area contributed by atoms with E-state index in [1.165, 1.54) is 18.6 Å². The van der Waals surface area contributed by atoms with Crippen LogP contribution in [0.5, 0.6) is 11.5 Å². The highest BCUT2D eigenvalue weighted by Gasteiger charge is 2.00. The van der Waals surface area contributed by atoms with Crippen LogP contribution in [0.1, 0.15) is 0 Å². The number of hydrogen-bond donors (Lipinski definition) is 0. The third-order valence-corrected chi connectivity index (χ3v) is 1.69. The number of ether oxygens (including phenoxy) is 1. The maximum absolute atomic E-state index is 11.2. The van der Waals surface area contributed by atoms with Crippen molar-refractivity contribution in [2.75, 3.05) is 0 Å². The van der Waals surface area contributed by atoms with Crippen molar-refractivity contribution in [3.05, 3.63) is 59.1 Å². The summed E-state index contributed by atoms with van der Waals surface area (Å²) in [6, 6.07) is 10.4. The van der Waals surface area contributed by atoms with E-state index in [-0.39, 0.29) is 11.2 Å². The molecule has 0 saturated carbocycles. The molecule has 0 fully saturated rings. The van der Waals surface area contributed by atoms with Gasteiger partial charge in [-0.3, -0.25) is 4.79 Å². The fraction of sp³-hybridized carbons (Fsp3) is 0. The number of hydrogen-bond acceptors (Lipinski definition) is 3. The molecule has 3 nitrogen and oxygen atoms in total. The Kier molecular flexibility index (Phi) is 2.32. The van der Waals surface area contributed by atoms with Crippen LogP contribution in [0.2, 0.25) is 0 Å². The first-order chi connectivity index (χ1) is 6.86. The van der Waals surface area contributed by atoms with Crippen LogP contribution in [-0.2, 0) is 0 Å². The minimum Gasteiger partial charge on any atom is -0.468 e. The molecule has 0 amide bonds. The highest BCUT2D eigenvalue weighted by molar-refractivity contribution is 5.27. The lowest BCUT2D eigenvalue weighted by molar-refractivity contribution is 0.438. The number of rotatable bonds is 2. The molecule has 0 N–H and O–H groups in total. The summed E-state index contributed by atoms with van der Waals surface area (Å²) in [5.41, 5.74) is -0.194. The molecule has 0 unspecified atom stereocenters. The average molecular weight is 188 g/mol. The Morgan fingerprint density at radius 2 is 1.86 bits per heavy atom. The lowest BCUT2D eigenvalue weighted by Crippen LogP contribution is -2.01. The Balaban J connectivity index is 2.28. The maximum atomic E-state index is 11.2. The van der Waals surface area contributed by atoms with E-state index < -0.39 is 0 Å². The van der Waals surface area contributed by atoms with Gasteiger partial charge in [0.25, 0.3) is 0 Å². The molecule has 1 heterocycles. The van der Waals surface area contributed by atoms with Crippen molar-refractivity contribution in [3.63, 3.8) is 0 Å². The second-order valence-electron chi connectivity index (χ2n) is 2.70. The van der Waals surface area contributed by atoms with Crippen LogP contribution in [0, 0.1) is 0 Å². The normalized spacial score (nSPS) is 9.71. The van der Waals surface area contributed by atoms with Crippen molar-refractivity contribution >= 4 is 0 Å². The summed E-state index contributed by atoms with van der Waals surface area (Å²) in [4.78, 5) is 11.2. The summed E-state index contributed by atoms with van der Waals surface area (Å²) in [5, 5.41) is 0. The molecule has 0 spiro atoms. The fourth-order valence-corrected chi connectivity index (χ4v) is 1.03. The molecule has 0 aliphatic heterocycles. The van der Waals surface area contributed by atoms with Crippen LogP contribution >= 0.6 is 0 Å². The molecular weight excluding hydrogens is 180 g/mol. The zero-order chi connectivity index (χ0) is 9.80. The van der Waals surface area contributed by atoms with E-state index in [1.807, 2.05) is 18.2 Å². The molecule has 3 heteroatoms. The van der Waals surface area contributed by atoms with Crippen molar-refractivity contribution in [3.8, 4) is 11.5 Å². The van der Waals surface area contributed by atoms with Gasteiger partial charge in [0.15, 0.2) is 0 Å². The van der Waals surface area contributed by atoms with E-state index >= 15 is 0 Å². The molecule has 1 aromatic carbocycles. The minimum absolute atomic E-state index is 0.193. The quantitative estimate of drug-likeness (QED) is 0.726. The second kappa shape index (κ2) is 3.79. The molecule has 2 aromatic rings. The third-order valence-electron chi connectivity index (χ3n) is 1.69. The van der Waals surface area contributed by atoms with Gasteiger partial charge < -0.3 is 9.15 Å². The smallest absolute Gasteiger partial charge is 0.227 e. The molecule has 0 aliphatic carbocycles. The zero-order valence-electron chi connectivity index (χ0n) is 7.34. The van der Waals surface area contributed by atoms with Gasteiger partial charge in [0.2, 0.25) is 11.2 Å². The molecule has 0 saturated heterocycles. The van der Waals surface area contributed by atoms with E-state index in [0.717, 1.165) is 0 Å². The maximum Gasteiger partial charge on any atom is 0.227 e. The van der Waals surface area contributed by atoms with E-state index in [4.69, 9.17) is 9.15 Å². The molecule has 0 aliphatic rings. The van der Waals surface area contributed by atoms with Gasteiger partial charge in [-0.15, -0.1) is 0 Å². The molecule has 0 radical (unpaired) electrons. The van der Waals surface area contributed by atoms with Crippen molar-refractivity contribution in [1.29, 1.82) is 0 Å². The number of benzene rings is 1. The van der Waals surface area contributed by atoms with Gasteiger partial charge in [0, 0.05) is 6.07 Å². The Morgan fingerprint density at radius 1 is 1.07 bits per heavy atom. The van der Waals surface area contributed by atoms with Gasteiger partial charge >= 0.3 is 0 Å². The fourth-order valence-electron chi connectivity index (χ4n) is 1.03. The van der Waals surface area contributed by atoms with Crippen molar-refractivity contribution in [2.45, 2.75) is 0 Å². The van der Waals surface area contributed by atoms with Crippen LogP contribution in [0.4, 0.5) is 0 Å². The first kappa shape index (κ1) is 8.56. The summed E-state index contributed by atoms with van der Waals surface area (Å²) in [5.74, 6) is 0.810. The van der Waals surface area contributed by atoms with Gasteiger partial charge in [-0.1, -0.05) is 18.2 Å². The largest absolute Gasteiger partial charge is 0.468 e. The molecule has 1 aromatic heterocycles. The van der Waals surface area contributed by atoms with Crippen LogP contribution < -0.4 is 10.2 Å². The molecule has 14 heavy (non-hydrogen) atoms. The standard InChI is InChI=1S/C11H8O3/c12-10-6-7-13-8-11(10)14-9-4-2-1-3-5-9/h1-8H. The summed E-state index contributed by atoms with van der Waals surface area (Å²) < 4.78 is 10.1. The molecule has 2 rings (SSSR count). The van der Waals surface area contributed by atoms with E-state index in [1.54, 1.807) is 12.1 Å².